The van der Waals surface area contributed by atoms with Crippen LogP contribution in [0.5, 0.6) is 0 Å². The van der Waals surface area contributed by atoms with E-state index < -0.39 is 0 Å². The molecule has 90 valence electrons. The average Bonchev–Trinajstić information content (AvgIpc) is 2.18. The van der Waals surface area contributed by atoms with Crippen LogP contribution in [0, 0.1) is 6.92 Å². The summed E-state index contributed by atoms with van der Waals surface area (Å²) in [6.45, 7) is 11.0. The molecule has 2 heteroatoms. The molecule has 0 aliphatic carbocycles. The smallest absolute Gasteiger partial charge is 0.0208 e. The second-order valence-corrected chi connectivity index (χ2v) is 6.99. The predicted octanol–water partition coefficient (Wildman–Crippen LogP) is 3.62. The van der Waals surface area contributed by atoms with Gasteiger partial charge in [0.05, 0.1) is 0 Å². The van der Waals surface area contributed by atoms with Crippen molar-refractivity contribution >= 4 is 11.8 Å². The van der Waals surface area contributed by atoms with E-state index in [0.29, 0.717) is 4.75 Å². The summed E-state index contributed by atoms with van der Waals surface area (Å²) in [6.07, 6.45) is 0. The van der Waals surface area contributed by atoms with E-state index in [1.54, 1.807) is 0 Å². The highest BCUT2D eigenvalue weighted by molar-refractivity contribution is 8.00. The summed E-state index contributed by atoms with van der Waals surface area (Å²) in [7, 11) is 0. The van der Waals surface area contributed by atoms with Crippen LogP contribution >= 0.6 is 11.8 Å². The minimum atomic E-state index is 0.379. The monoisotopic (exact) mass is 237 g/mol. The van der Waals surface area contributed by atoms with Crippen molar-refractivity contribution in [3.63, 3.8) is 0 Å². The van der Waals surface area contributed by atoms with Gasteiger partial charge in [-0.15, -0.1) is 0 Å². The SMILES string of the molecule is Cc1ccccc1CNCCSC(C)(C)C. The maximum atomic E-state index is 3.49. The summed E-state index contributed by atoms with van der Waals surface area (Å²) in [5.41, 5.74) is 2.78. The minimum absolute atomic E-state index is 0.379. The minimum Gasteiger partial charge on any atom is -0.312 e. The molecule has 0 unspecified atom stereocenters. The Labute approximate surface area is 104 Å². The molecular weight excluding hydrogens is 214 g/mol. The quantitative estimate of drug-likeness (QED) is 0.785. The lowest BCUT2D eigenvalue weighted by atomic mass is 10.1. The Morgan fingerprint density at radius 2 is 1.88 bits per heavy atom. The Balaban J connectivity index is 2.19. The number of benzene rings is 1. The summed E-state index contributed by atoms with van der Waals surface area (Å²) in [5.74, 6) is 1.18. The zero-order chi connectivity index (χ0) is 12.0. The van der Waals surface area contributed by atoms with E-state index in [4.69, 9.17) is 0 Å². The molecule has 1 nitrogen and oxygen atoms in total. The first-order chi connectivity index (χ1) is 7.49. The maximum Gasteiger partial charge on any atom is 0.0208 e. The zero-order valence-electron chi connectivity index (χ0n) is 10.8. The van der Waals surface area contributed by atoms with Gasteiger partial charge in [0, 0.05) is 23.6 Å². The van der Waals surface area contributed by atoms with E-state index in [1.165, 1.54) is 16.9 Å². The average molecular weight is 237 g/mol. The van der Waals surface area contributed by atoms with E-state index in [9.17, 15) is 0 Å². The number of thioether (sulfide) groups is 1. The molecule has 0 radical (unpaired) electrons. The van der Waals surface area contributed by atoms with Crippen LogP contribution in [0.3, 0.4) is 0 Å². The molecule has 1 aromatic rings. The van der Waals surface area contributed by atoms with Crippen LogP contribution in [-0.4, -0.2) is 17.0 Å². The van der Waals surface area contributed by atoms with E-state index >= 15 is 0 Å². The van der Waals surface area contributed by atoms with Crippen molar-refractivity contribution in [2.45, 2.75) is 39.0 Å². The lowest BCUT2D eigenvalue weighted by molar-refractivity contribution is 0.723. The molecule has 0 bridgehead atoms. The summed E-state index contributed by atoms with van der Waals surface area (Å²) in [5, 5.41) is 3.49. The Morgan fingerprint density at radius 1 is 1.19 bits per heavy atom. The third-order valence-corrected chi connectivity index (χ3v) is 3.66. The Bertz CT molecular complexity index is 315. The fourth-order valence-electron chi connectivity index (χ4n) is 1.46. The lowest BCUT2D eigenvalue weighted by Crippen LogP contribution is -2.19. The normalized spacial score (nSPS) is 11.8. The van der Waals surface area contributed by atoms with Gasteiger partial charge in [-0.2, -0.15) is 11.8 Å². The molecule has 1 rings (SSSR count). The van der Waals surface area contributed by atoms with Gasteiger partial charge in [-0.25, -0.2) is 0 Å². The molecule has 0 fully saturated rings. The molecular formula is C14H23NS. The van der Waals surface area contributed by atoms with Gasteiger partial charge < -0.3 is 5.32 Å². The van der Waals surface area contributed by atoms with Crippen molar-refractivity contribution in [2.75, 3.05) is 12.3 Å². The molecule has 0 atom stereocenters. The second kappa shape index (κ2) is 6.31. The molecule has 0 amide bonds. The van der Waals surface area contributed by atoms with Gasteiger partial charge in [-0.05, 0) is 18.1 Å². The summed E-state index contributed by atoms with van der Waals surface area (Å²) < 4.78 is 0.379. The molecule has 0 saturated heterocycles. The van der Waals surface area contributed by atoms with Gasteiger partial charge >= 0.3 is 0 Å². The topological polar surface area (TPSA) is 12.0 Å². The Morgan fingerprint density at radius 3 is 2.50 bits per heavy atom. The molecule has 0 saturated carbocycles. The molecule has 0 spiro atoms. The molecule has 0 aliphatic heterocycles. The summed E-state index contributed by atoms with van der Waals surface area (Å²) in [6, 6.07) is 8.56. The highest BCUT2D eigenvalue weighted by atomic mass is 32.2. The van der Waals surface area contributed by atoms with Crippen molar-refractivity contribution in [3.8, 4) is 0 Å². The van der Waals surface area contributed by atoms with Crippen LogP contribution in [0.4, 0.5) is 0 Å². The van der Waals surface area contributed by atoms with Crippen molar-refractivity contribution < 1.29 is 0 Å². The van der Waals surface area contributed by atoms with Crippen LogP contribution < -0.4 is 5.32 Å². The Kier molecular flexibility index (Phi) is 5.36. The van der Waals surface area contributed by atoms with Gasteiger partial charge in [-0.1, -0.05) is 45.0 Å². The zero-order valence-corrected chi connectivity index (χ0v) is 11.7. The fourth-order valence-corrected chi connectivity index (χ4v) is 2.32. The molecule has 0 aliphatic rings. The third kappa shape index (κ3) is 5.57. The van der Waals surface area contributed by atoms with Crippen molar-refractivity contribution in [1.82, 2.24) is 5.32 Å². The lowest BCUT2D eigenvalue weighted by Gasteiger charge is -2.17. The molecule has 0 heterocycles. The van der Waals surface area contributed by atoms with Gasteiger partial charge in [0.2, 0.25) is 0 Å². The van der Waals surface area contributed by atoms with Gasteiger partial charge in [0.1, 0.15) is 0 Å². The van der Waals surface area contributed by atoms with Gasteiger partial charge in [-0.3, -0.25) is 0 Å². The van der Waals surface area contributed by atoms with E-state index in [-0.39, 0.29) is 0 Å². The number of hydrogen-bond acceptors (Lipinski definition) is 2. The first kappa shape index (κ1) is 13.6. The number of rotatable bonds is 5. The fraction of sp³-hybridized carbons (Fsp3) is 0.571. The number of hydrogen-bond donors (Lipinski definition) is 1. The highest BCUT2D eigenvalue weighted by Gasteiger charge is 2.09. The maximum absolute atomic E-state index is 3.49. The van der Waals surface area contributed by atoms with Crippen LogP contribution in [-0.2, 0) is 6.54 Å². The standard InChI is InChI=1S/C14H23NS/c1-12-7-5-6-8-13(12)11-15-9-10-16-14(2,3)4/h5-8,15H,9-11H2,1-4H3. The predicted molar refractivity (Wildman–Crippen MR) is 75.1 cm³/mol. The van der Waals surface area contributed by atoms with E-state index in [1.807, 2.05) is 11.8 Å². The van der Waals surface area contributed by atoms with Crippen LogP contribution in [0.1, 0.15) is 31.9 Å². The summed E-state index contributed by atoms with van der Waals surface area (Å²) >= 11 is 2.01. The molecule has 1 aromatic carbocycles. The van der Waals surface area contributed by atoms with Gasteiger partial charge in [0.15, 0.2) is 0 Å². The second-order valence-electron chi connectivity index (χ2n) is 5.06. The van der Waals surface area contributed by atoms with Crippen LogP contribution in [0.2, 0.25) is 0 Å². The van der Waals surface area contributed by atoms with Gasteiger partial charge in [0.25, 0.3) is 0 Å². The highest BCUT2D eigenvalue weighted by Crippen LogP contribution is 2.22. The Hall–Kier alpha value is -0.470. The first-order valence-electron chi connectivity index (χ1n) is 5.88. The molecule has 0 aromatic heterocycles. The van der Waals surface area contributed by atoms with E-state index in [0.717, 1.165) is 13.1 Å². The molecule has 1 N–H and O–H groups in total. The molecule has 16 heavy (non-hydrogen) atoms. The summed E-state index contributed by atoms with van der Waals surface area (Å²) in [4.78, 5) is 0. The van der Waals surface area contributed by atoms with Crippen LogP contribution in [0.15, 0.2) is 24.3 Å². The van der Waals surface area contributed by atoms with Crippen molar-refractivity contribution in [2.24, 2.45) is 0 Å². The number of nitrogens with one attached hydrogen (secondary N) is 1. The third-order valence-electron chi connectivity index (χ3n) is 2.39. The largest absolute Gasteiger partial charge is 0.312 e. The first-order valence-corrected chi connectivity index (χ1v) is 6.87. The number of aryl methyl sites for hydroxylation is 1. The van der Waals surface area contributed by atoms with Crippen molar-refractivity contribution in [1.29, 1.82) is 0 Å². The van der Waals surface area contributed by atoms with Crippen LogP contribution in [0.25, 0.3) is 0 Å². The van der Waals surface area contributed by atoms with E-state index in [2.05, 4.69) is 57.3 Å². The van der Waals surface area contributed by atoms with Crippen molar-refractivity contribution in [3.05, 3.63) is 35.4 Å².